The van der Waals surface area contributed by atoms with Crippen molar-refractivity contribution in [3.63, 3.8) is 0 Å². The van der Waals surface area contributed by atoms with E-state index in [0.717, 1.165) is 5.56 Å². The number of ether oxygens (including phenoxy) is 2. The average Bonchev–Trinajstić information content (AvgIpc) is 2.87. The maximum absolute atomic E-state index is 12.4. The Kier molecular flexibility index (Phi) is 9.26. The van der Waals surface area contributed by atoms with Gasteiger partial charge in [0.1, 0.15) is 24.2 Å². The van der Waals surface area contributed by atoms with Crippen molar-refractivity contribution in [2.45, 2.75) is 18.6 Å². The lowest BCUT2D eigenvalue weighted by atomic mass is 10.1. The van der Waals surface area contributed by atoms with Crippen LogP contribution in [-0.4, -0.2) is 55.1 Å². The standard InChI is InChI=1S/C26H30N2O5/c1-32-24-13-9-20(10-14-24)26(31)28-21-11-7-19(8-12-21)15-22(17-29)27-16-23(30)18-33-25-5-3-2-4-6-25/h2-14,22-23,27,29-30H,15-18H2,1H3,(H,28,31)/t22-,23-/m0/s1. The minimum absolute atomic E-state index is 0.0672. The van der Waals surface area contributed by atoms with Gasteiger partial charge in [0.25, 0.3) is 5.91 Å². The van der Waals surface area contributed by atoms with Crippen molar-refractivity contribution in [1.29, 1.82) is 0 Å². The van der Waals surface area contributed by atoms with Crippen molar-refractivity contribution in [3.8, 4) is 11.5 Å². The van der Waals surface area contributed by atoms with Crippen LogP contribution in [-0.2, 0) is 6.42 Å². The molecular formula is C26H30N2O5. The number of amides is 1. The molecular weight excluding hydrogens is 420 g/mol. The molecule has 0 spiro atoms. The first-order valence-corrected chi connectivity index (χ1v) is 10.8. The van der Waals surface area contributed by atoms with Gasteiger partial charge >= 0.3 is 0 Å². The van der Waals surface area contributed by atoms with Crippen molar-refractivity contribution in [1.82, 2.24) is 5.32 Å². The van der Waals surface area contributed by atoms with E-state index in [4.69, 9.17) is 9.47 Å². The molecule has 0 fully saturated rings. The van der Waals surface area contributed by atoms with Crippen LogP contribution in [0.5, 0.6) is 11.5 Å². The van der Waals surface area contributed by atoms with Gasteiger partial charge in [-0.1, -0.05) is 30.3 Å². The Morgan fingerprint density at radius 1 is 0.939 bits per heavy atom. The molecule has 0 bridgehead atoms. The van der Waals surface area contributed by atoms with Gasteiger partial charge in [0.2, 0.25) is 0 Å². The molecule has 4 N–H and O–H groups in total. The fourth-order valence-electron chi connectivity index (χ4n) is 3.23. The van der Waals surface area contributed by atoms with Gasteiger partial charge in [0.05, 0.1) is 13.7 Å². The molecule has 3 aromatic carbocycles. The average molecular weight is 451 g/mol. The number of para-hydroxylation sites is 1. The third-order valence-corrected chi connectivity index (χ3v) is 5.09. The van der Waals surface area contributed by atoms with E-state index in [1.54, 1.807) is 31.4 Å². The second-order valence-corrected chi connectivity index (χ2v) is 7.65. The smallest absolute Gasteiger partial charge is 0.255 e. The van der Waals surface area contributed by atoms with Crippen molar-refractivity contribution < 1.29 is 24.5 Å². The number of aliphatic hydroxyl groups excluding tert-OH is 2. The lowest BCUT2D eigenvalue weighted by molar-refractivity contribution is 0.0997. The van der Waals surface area contributed by atoms with Gasteiger partial charge < -0.3 is 30.3 Å². The van der Waals surface area contributed by atoms with Crippen LogP contribution in [0.1, 0.15) is 15.9 Å². The quantitative estimate of drug-likeness (QED) is 0.339. The van der Waals surface area contributed by atoms with E-state index in [1.807, 2.05) is 54.6 Å². The highest BCUT2D eigenvalue weighted by molar-refractivity contribution is 6.04. The van der Waals surface area contributed by atoms with Crippen LogP contribution in [0.15, 0.2) is 78.9 Å². The summed E-state index contributed by atoms with van der Waals surface area (Å²) in [5.41, 5.74) is 2.22. The van der Waals surface area contributed by atoms with Crippen molar-refractivity contribution in [3.05, 3.63) is 90.0 Å². The second-order valence-electron chi connectivity index (χ2n) is 7.65. The highest BCUT2D eigenvalue weighted by atomic mass is 16.5. The van der Waals surface area contributed by atoms with Gasteiger partial charge in [-0.3, -0.25) is 4.79 Å². The fraction of sp³-hybridized carbons (Fsp3) is 0.269. The molecule has 0 aliphatic rings. The molecule has 7 heteroatoms. The highest BCUT2D eigenvalue weighted by Crippen LogP contribution is 2.15. The Morgan fingerprint density at radius 2 is 1.64 bits per heavy atom. The first-order chi connectivity index (χ1) is 16.1. The lowest BCUT2D eigenvalue weighted by Crippen LogP contribution is -2.41. The topological polar surface area (TPSA) is 100 Å². The SMILES string of the molecule is COc1ccc(C(=O)Nc2ccc(C[C@@H](CO)NC[C@H](O)COc3ccccc3)cc2)cc1. The molecule has 0 saturated carbocycles. The summed E-state index contributed by atoms with van der Waals surface area (Å²) in [6, 6.07) is 23.5. The number of carbonyl (C=O) groups excluding carboxylic acids is 1. The van der Waals surface area contributed by atoms with Gasteiger partial charge in [0.15, 0.2) is 0 Å². The van der Waals surface area contributed by atoms with Crippen LogP contribution < -0.4 is 20.1 Å². The van der Waals surface area contributed by atoms with E-state index in [0.29, 0.717) is 35.7 Å². The molecule has 0 aliphatic carbocycles. The predicted molar refractivity (Wildman–Crippen MR) is 128 cm³/mol. The molecule has 0 radical (unpaired) electrons. The van der Waals surface area contributed by atoms with Crippen LogP contribution in [0.3, 0.4) is 0 Å². The van der Waals surface area contributed by atoms with E-state index in [2.05, 4.69) is 10.6 Å². The highest BCUT2D eigenvalue weighted by Gasteiger charge is 2.12. The number of nitrogens with one attached hydrogen (secondary N) is 2. The van der Waals surface area contributed by atoms with Crippen molar-refractivity contribution >= 4 is 11.6 Å². The van der Waals surface area contributed by atoms with E-state index in [9.17, 15) is 15.0 Å². The Bertz CT molecular complexity index is 978. The maximum atomic E-state index is 12.4. The van der Waals surface area contributed by atoms with Crippen molar-refractivity contribution in [2.75, 3.05) is 32.2 Å². The Balaban J connectivity index is 1.44. The molecule has 2 atom stereocenters. The van der Waals surface area contributed by atoms with Crippen LogP contribution in [0.4, 0.5) is 5.69 Å². The van der Waals surface area contributed by atoms with Gasteiger partial charge in [-0.2, -0.15) is 0 Å². The van der Waals surface area contributed by atoms with Crippen LogP contribution >= 0.6 is 0 Å². The molecule has 0 aromatic heterocycles. The molecule has 1 amide bonds. The number of hydrogen-bond donors (Lipinski definition) is 4. The largest absolute Gasteiger partial charge is 0.497 e. The summed E-state index contributed by atoms with van der Waals surface area (Å²) in [6.07, 6.45) is -0.120. The first-order valence-electron chi connectivity index (χ1n) is 10.8. The molecule has 7 nitrogen and oxygen atoms in total. The number of carbonyl (C=O) groups is 1. The van der Waals surface area contributed by atoms with Crippen LogP contribution in [0.2, 0.25) is 0 Å². The summed E-state index contributed by atoms with van der Waals surface area (Å²) in [5, 5.41) is 25.9. The number of methoxy groups -OCH3 is 1. The monoisotopic (exact) mass is 450 g/mol. The third-order valence-electron chi connectivity index (χ3n) is 5.09. The summed E-state index contributed by atoms with van der Waals surface area (Å²) >= 11 is 0. The summed E-state index contributed by atoms with van der Waals surface area (Å²) in [5.74, 6) is 1.20. The number of aliphatic hydroxyl groups is 2. The molecule has 0 heterocycles. The Morgan fingerprint density at radius 3 is 2.27 bits per heavy atom. The third kappa shape index (κ3) is 7.91. The van der Waals surface area contributed by atoms with E-state index >= 15 is 0 Å². The van der Waals surface area contributed by atoms with Gasteiger partial charge in [-0.05, 0) is 60.5 Å². The fourth-order valence-corrected chi connectivity index (χ4v) is 3.23. The summed E-state index contributed by atoms with van der Waals surface area (Å²) in [4.78, 5) is 12.4. The van der Waals surface area contributed by atoms with Gasteiger partial charge in [-0.15, -0.1) is 0 Å². The summed E-state index contributed by atoms with van der Waals surface area (Å²) < 4.78 is 10.7. The number of rotatable bonds is 12. The molecule has 0 aliphatic heterocycles. The zero-order valence-electron chi connectivity index (χ0n) is 18.6. The Labute approximate surface area is 194 Å². The molecule has 3 rings (SSSR count). The van der Waals surface area contributed by atoms with Gasteiger partial charge in [0, 0.05) is 23.8 Å². The molecule has 3 aromatic rings. The van der Waals surface area contributed by atoms with E-state index < -0.39 is 6.10 Å². The van der Waals surface area contributed by atoms with Crippen LogP contribution in [0.25, 0.3) is 0 Å². The Hall–Kier alpha value is -3.39. The lowest BCUT2D eigenvalue weighted by Gasteiger charge is -2.19. The van der Waals surface area contributed by atoms with Gasteiger partial charge in [-0.25, -0.2) is 0 Å². The maximum Gasteiger partial charge on any atom is 0.255 e. The summed E-state index contributed by atoms with van der Waals surface area (Å²) in [7, 11) is 1.58. The van der Waals surface area contributed by atoms with Crippen LogP contribution in [0, 0.1) is 0 Å². The number of hydrogen-bond acceptors (Lipinski definition) is 6. The van der Waals surface area contributed by atoms with Crippen molar-refractivity contribution in [2.24, 2.45) is 0 Å². The molecule has 174 valence electrons. The molecule has 0 unspecified atom stereocenters. The zero-order valence-corrected chi connectivity index (χ0v) is 18.6. The minimum atomic E-state index is -0.699. The number of benzene rings is 3. The summed E-state index contributed by atoms with van der Waals surface area (Å²) in [6.45, 7) is 0.397. The van der Waals surface area contributed by atoms with E-state index in [1.165, 1.54) is 0 Å². The minimum Gasteiger partial charge on any atom is -0.497 e. The normalized spacial score (nSPS) is 12.6. The molecule has 0 saturated heterocycles. The predicted octanol–water partition coefficient (Wildman–Crippen LogP) is 2.88. The first kappa shape index (κ1) is 24.3. The zero-order chi connectivity index (χ0) is 23.5. The second kappa shape index (κ2) is 12.6. The molecule has 33 heavy (non-hydrogen) atoms. The number of anilines is 1. The van der Waals surface area contributed by atoms with E-state index in [-0.39, 0.29) is 25.2 Å².